The van der Waals surface area contributed by atoms with E-state index in [0.29, 0.717) is 16.9 Å². The van der Waals surface area contributed by atoms with Gasteiger partial charge in [-0.1, -0.05) is 6.07 Å². The van der Waals surface area contributed by atoms with Gasteiger partial charge in [-0.15, -0.1) is 0 Å². The predicted molar refractivity (Wildman–Crippen MR) is 114 cm³/mol. The van der Waals surface area contributed by atoms with Crippen LogP contribution < -0.4 is 15.2 Å². The van der Waals surface area contributed by atoms with Gasteiger partial charge in [0.15, 0.2) is 11.6 Å². The molecular formula is C24H22F2N2O5. The van der Waals surface area contributed by atoms with Gasteiger partial charge in [0.1, 0.15) is 35.6 Å². The van der Waals surface area contributed by atoms with Crippen LogP contribution in [0.25, 0.3) is 0 Å². The summed E-state index contributed by atoms with van der Waals surface area (Å²) in [6.07, 6.45) is 0. The molecule has 0 saturated heterocycles. The molecule has 0 fully saturated rings. The summed E-state index contributed by atoms with van der Waals surface area (Å²) in [5.41, 5.74) is 7.15. The summed E-state index contributed by atoms with van der Waals surface area (Å²) in [4.78, 5) is 12.7. The number of nitrogens with zero attached hydrogens (tertiary/aromatic N) is 1. The Labute approximate surface area is 189 Å². The fraction of sp³-hybridized carbons (Fsp3) is 0.250. The van der Waals surface area contributed by atoms with E-state index in [1.165, 1.54) is 13.2 Å². The lowest BCUT2D eigenvalue weighted by molar-refractivity contribution is -0.139. The molecule has 172 valence electrons. The van der Waals surface area contributed by atoms with Gasteiger partial charge in [-0.3, -0.25) is 0 Å². The molecule has 0 amide bonds. The molecule has 1 heterocycles. The van der Waals surface area contributed by atoms with E-state index in [9.17, 15) is 18.8 Å². The molecular weight excluding hydrogens is 434 g/mol. The van der Waals surface area contributed by atoms with Crippen LogP contribution in [0.5, 0.6) is 11.5 Å². The van der Waals surface area contributed by atoms with Gasteiger partial charge in [0.05, 0.1) is 25.2 Å². The van der Waals surface area contributed by atoms with E-state index in [-0.39, 0.29) is 41.8 Å². The molecule has 1 unspecified atom stereocenters. The van der Waals surface area contributed by atoms with Crippen LogP contribution >= 0.6 is 0 Å². The summed E-state index contributed by atoms with van der Waals surface area (Å²) >= 11 is 0. The van der Waals surface area contributed by atoms with Crippen molar-refractivity contribution in [2.45, 2.75) is 26.4 Å². The SMILES string of the molecule is CCOC(=O)C1=C(C)OC(N)=C(C#N)C1c1ccc(OC)c(COc2ccc(F)cc2F)c1. The minimum Gasteiger partial charge on any atom is -0.496 e. The monoisotopic (exact) mass is 456 g/mol. The highest BCUT2D eigenvalue weighted by Gasteiger charge is 2.36. The number of rotatable bonds is 7. The van der Waals surface area contributed by atoms with E-state index < -0.39 is 23.5 Å². The number of hydrogen-bond donors (Lipinski definition) is 1. The minimum atomic E-state index is -0.852. The topological polar surface area (TPSA) is 104 Å². The number of benzene rings is 2. The number of esters is 1. The van der Waals surface area contributed by atoms with E-state index in [1.807, 2.05) is 6.07 Å². The number of hydrogen-bond acceptors (Lipinski definition) is 7. The Bertz CT molecular complexity index is 1180. The third-order valence-electron chi connectivity index (χ3n) is 5.02. The number of nitrogens with two attached hydrogens (primary N) is 1. The first kappa shape index (κ1) is 23.6. The summed E-state index contributed by atoms with van der Waals surface area (Å²) in [6, 6.07) is 9.96. The molecule has 0 saturated carbocycles. The van der Waals surface area contributed by atoms with Crippen molar-refractivity contribution < 1.29 is 32.5 Å². The fourth-order valence-electron chi connectivity index (χ4n) is 3.53. The molecule has 2 aromatic carbocycles. The molecule has 0 aliphatic carbocycles. The van der Waals surface area contributed by atoms with Crippen LogP contribution in [0.3, 0.4) is 0 Å². The van der Waals surface area contributed by atoms with Crippen molar-refractivity contribution in [2.24, 2.45) is 5.73 Å². The number of nitriles is 1. The fourth-order valence-corrected chi connectivity index (χ4v) is 3.53. The van der Waals surface area contributed by atoms with E-state index in [2.05, 4.69) is 0 Å². The van der Waals surface area contributed by atoms with Crippen LogP contribution in [0.15, 0.2) is 59.2 Å². The molecule has 33 heavy (non-hydrogen) atoms. The average Bonchev–Trinajstić information content (AvgIpc) is 2.78. The molecule has 2 N–H and O–H groups in total. The van der Waals surface area contributed by atoms with Gasteiger partial charge >= 0.3 is 5.97 Å². The van der Waals surface area contributed by atoms with Crippen LogP contribution in [-0.2, 0) is 20.9 Å². The van der Waals surface area contributed by atoms with Crippen molar-refractivity contribution in [1.29, 1.82) is 5.26 Å². The van der Waals surface area contributed by atoms with Crippen LogP contribution in [0.2, 0.25) is 0 Å². The Morgan fingerprint density at radius 1 is 1.21 bits per heavy atom. The molecule has 0 bridgehead atoms. The van der Waals surface area contributed by atoms with Crippen molar-refractivity contribution in [2.75, 3.05) is 13.7 Å². The zero-order valence-corrected chi connectivity index (χ0v) is 18.3. The van der Waals surface area contributed by atoms with Gasteiger partial charge in [0.25, 0.3) is 0 Å². The lowest BCUT2D eigenvalue weighted by Gasteiger charge is -2.27. The van der Waals surface area contributed by atoms with Crippen molar-refractivity contribution in [1.82, 2.24) is 0 Å². The molecule has 7 nitrogen and oxygen atoms in total. The number of carbonyl (C=O) groups is 1. The number of halogens is 2. The zero-order chi connectivity index (χ0) is 24.1. The summed E-state index contributed by atoms with van der Waals surface area (Å²) in [5.74, 6) is -2.66. The van der Waals surface area contributed by atoms with Gasteiger partial charge in [-0.25, -0.2) is 13.6 Å². The first-order chi connectivity index (χ1) is 15.8. The van der Waals surface area contributed by atoms with Crippen molar-refractivity contribution in [3.8, 4) is 17.6 Å². The van der Waals surface area contributed by atoms with Crippen LogP contribution in [0.4, 0.5) is 8.78 Å². The summed E-state index contributed by atoms with van der Waals surface area (Å²) in [7, 11) is 1.46. The third-order valence-corrected chi connectivity index (χ3v) is 5.02. The van der Waals surface area contributed by atoms with Gasteiger partial charge in [-0.2, -0.15) is 5.26 Å². The average molecular weight is 456 g/mol. The Morgan fingerprint density at radius 2 is 1.94 bits per heavy atom. The van der Waals surface area contributed by atoms with Gasteiger partial charge in [0.2, 0.25) is 5.88 Å². The molecule has 0 radical (unpaired) electrons. The normalized spacial score (nSPS) is 15.6. The minimum absolute atomic E-state index is 0.0465. The van der Waals surface area contributed by atoms with Crippen LogP contribution in [-0.4, -0.2) is 19.7 Å². The Morgan fingerprint density at radius 3 is 2.58 bits per heavy atom. The number of allylic oxidation sites excluding steroid dienone is 2. The second-order valence-electron chi connectivity index (χ2n) is 7.05. The standard InChI is InChI=1S/C24H22F2N2O5/c1-4-31-24(29)21-13(2)33-23(28)17(11-27)22(21)14-5-7-19(30-3)15(9-14)12-32-20-8-6-16(25)10-18(20)26/h5-10,22H,4,12,28H2,1-3H3. The van der Waals surface area contributed by atoms with E-state index in [0.717, 1.165) is 12.1 Å². The summed E-state index contributed by atoms with van der Waals surface area (Å²) in [5, 5.41) is 9.72. The number of ether oxygens (including phenoxy) is 4. The van der Waals surface area contributed by atoms with Gasteiger partial charge < -0.3 is 24.7 Å². The second kappa shape index (κ2) is 10.0. The van der Waals surface area contributed by atoms with Crippen molar-refractivity contribution in [3.05, 3.63) is 81.9 Å². The van der Waals surface area contributed by atoms with Crippen molar-refractivity contribution >= 4 is 5.97 Å². The summed E-state index contributed by atoms with van der Waals surface area (Å²) < 4.78 is 48.6. The van der Waals surface area contributed by atoms with E-state index in [1.54, 1.807) is 32.0 Å². The smallest absolute Gasteiger partial charge is 0.338 e. The number of carbonyl (C=O) groups excluding carboxylic acids is 1. The largest absolute Gasteiger partial charge is 0.496 e. The highest BCUT2D eigenvalue weighted by atomic mass is 19.1. The Balaban J connectivity index is 2.03. The number of methoxy groups -OCH3 is 1. The third kappa shape index (κ3) is 4.90. The first-order valence-electron chi connectivity index (χ1n) is 10.0. The maximum atomic E-state index is 14.0. The predicted octanol–water partition coefficient (Wildman–Crippen LogP) is 4.20. The molecule has 1 atom stereocenters. The molecule has 0 aromatic heterocycles. The maximum absolute atomic E-state index is 14.0. The van der Waals surface area contributed by atoms with E-state index in [4.69, 9.17) is 24.7 Å². The van der Waals surface area contributed by atoms with Crippen molar-refractivity contribution in [3.63, 3.8) is 0 Å². The van der Waals surface area contributed by atoms with E-state index >= 15 is 0 Å². The molecule has 1 aliphatic heterocycles. The molecule has 0 spiro atoms. The zero-order valence-electron chi connectivity index (χ0n) is 18.3. The lowest BCUT2D eigenvalue weighted by Crippen LogP contribution is -2.25. The summed E-state index contributed by atoms with van der Waals surface area (Å²) in [6.45, 7) is 3.24. The Kier molecular flexibility index (Phi) is 7.18. The lowest BCUT2D eigenvalue weighted by atomic mass is 9.82. The first-order valence-corrected chi connectivity index (χ1v) is 10.0. The van der Waals surface area contributed by atoms with Gasteiger partial charge in [0, 0.05) is 11.6 Å². The quantitative estimate of drug-likeness (QED) is 0.623. The van der Waals surface area contributed by atoms with Crippen LogP contribution in [0.1, 0.15) is 30.9 Å². The molecule has 3 rings (SSSR count). The maximum Gasteiger partial charge on any atom is 0.338 e. The Hall–Kier alpha value is -4.06. The second-order valence-corrected chi connectivity index (χ2v) is 7.05. The molecule has 2 aromatic rings. The molecule has 9 heteroatoms. The highest BCUT2D eigenvalue weighted by molar-refractivity contribution is 5.92. The van der Waals surface area contributed by atoms with Gasteiger partial charge in [-0.05, 0) is 43.7 Å². The molecule has 1 aliphatic rings. The highest BCUT2D eigenvalue weighted by Crippen LogP contribution is 2.41. The van der Waals surface area contributed by atoms with Crippen LogP contribution in [0, 0.1) is 23.0 Å².